The van der Waals surface area contributed by atoms with Gasteiger partial charge in [-0.2, -0.15) is 9.61 Å². The van der Waals surface area contributed by atoms with Crippen LogP contribution in [0.3, 0.4) is 0 Å². The first-order valence-electron chi connectivity index (χ1n) is 8.06. The molecule has 2 aromatic heterocycles. The summed E-state index contributed by atoms with van der Waals surface area (Å²) in [5.41, 5.74) is 0.818. The van der Waals surface area contributed by atoms with E-state index in [1.54, 1.807) is 12.1 Å². The van der Waals surface area contributed by atoms with E-state index in [1.807, 2.05) is 0 Å². The first kappa shape index (κ1) is 16.6. The van der Waals surface area contributed by atoms with Gasteiger partial charge >= 0.3 is 0 Å². The van der Waals surface area contributed by atoms with E-state index in [-0.39, 0.29) is 23.4 Å². The molecule has 4 rings (SSSR count). The fourth-order valence-corrected chi connectivity index (χ4v) is 4.30. The molecule has 0 aliphatic carbocycles. The summed E-state index contributed by atoms with van der Waals surface area (Å²) in [4.78, 5) is 29.5. The summed E-state index contributed by atoms with van der Waals surface area (Å²) >= 11 is 1.32. The molecule has 1 fully saturated rings. The lowest BCUT2D eigenvalue weighted by molar-refractivity contribution is -0.384. The summed E-state index contributed by atoms with van der Waals surface area (Å²) in [5.74, 6) is 0.221. The summed E-state index contributed by atoms with van der Waals surface area (Å²) in [6.07, 6.45) is 2.27. The van der Waals surface area contributed by atoms with Crippen LogP contribution in [0.15, 0.2) is 30.6 Å². The van der Waals surface area contributed by atoms with Crippen molar-refractivity contribution in [2.45, 2.75) is 18.9 Å². The van der Waals surface area contributed by atoms with Gasteiger partial charge in [0.1, 0.15) is 12.1 Å². The number of hydrogen-bond donors (Lipinski definition) is 1. The molecule has 0 amide bonds. The first-order chi connectivity index (χ1) is 12.5. The van der Waals surface area contributed by atoms with Crippen LogP contribution in [0.5, 0.6) is 5.88 Å². The van der Waals surface area contributed by atoms with Gasteiger partial charge < -0.3 is 5.11 Å². The Labute approximate surface area is 151 Å². The average molecular weight is 373 g/mol. The molecule has 1 saturated heterocycles. The number of nitrogens with zero attached hydrogens (tertiary/aromatic N) is 5. The van der Waals surface area contributed by atoms with Crippen molar-refractivity contribution in [1.82, 2.24) is 19.5 Å². The highest BCUT2D eigenvalue weighted by atomic mass is 32.1. The van der Waals surface area contributed by atoms with Gasteiger partial charge in [-0.25, -0.2) is 4.98 Å². The van der Waals surface area contributed by atoms with Gasteiger partial charge in [0, 0.05) is 38.1 Å². The quantitative estimate of drug-likeness (QED) is 0.550. The van der Waals surface area contributed by atoms with Gasteiger partial charge in [-0.1, -0.05) is 23.5 Å². The van der Waals surface area contributed by atoms with Crippen molar-refractivity contribution < 1.29 is 14.8 Å². The molecule has 1 N–H and O–H groups in total. The number of carbonyl (C=O) groups excluding carboxylic acids is 1. The molecular weight excluding hydrogens is 358 g/mol. The minimum absolute atomic E-state index is 0.00255. The Morgan fingerprint density at radius 2 is 1.92 bits per heavy atom. The third-order valence-corrected chi connectivity index (χ3v) is 5.61. The maximum Gasteiger partial charge on any atom is 0.269 e. The highest BCUT2D eigenvalue weighted by molar-refractivity contribution is 7.17. The number of benzene rings is 1. The molecule has 0 saturated carbocycles. The van der Waals surface area contributed by atoms with Gasteiger partial charge in [0.2, 0.25) is 10.8 Å². The largest absolute Gasteiger partial charge is 0.492 e. The summed E-state index contributed by atoms with van der Waals surface area (Å²) in [6, 6.07) is 5.96. The van der Waals surface area contributed by atoms with E-state index in [1.165, 1.54) is 34.3 Å². The van der Waals surface area contributed by atoms with E-state index < -0.39 is 4.92 Å². The molecule has 1 aliphatic heterocycles. The van der Waals surface area contributed by atoms with E-state index in [4.69, 9.17) is 0 Å². The van der Waals surface area contributed by atoms with E-state index >= 15 is 0 Å². The molecule has 9 nitrogen and oxygen atoms in total. The summed E-state index contributed by atoms with van der Waals surface area (Å²) < 4.78 is 1.37. The van der Waals surface area contributed by atoms with Crippen molar-refractivity contribution in [2.24, 2.45) is 0 Å². The van der Waals surface area contributed by atoms with Crippen LogP contribution < -0.4 is 0 Å². The Bertz CT molecular complexity index is 970. The van der Waals surface area contributed by atoms with Crippen LogP contribution in [-0.4, -0.2) is 48.4 Å². The number of thiazole rings is 1. The maximum atomic E-state index is 11.6. The van der Waals surface area contributed by atoms with Crippen molar-refractivity contribution in [3.8, 4) is 5.88 Å². The van der Waals surface area contributed by atoms with Gasteiger partial charge in [-0.05, 0) is 5.56 Å². The van der Waals surface area contributed by atoms with Crippen LogP contribution in [0, 0.1) is 10.1 Å². The lowest BCUT2D eigenvalue weighted by atomic mass is 9.99. The summed E-state index contributed by atoms with van der Waals surface area (Å²) in [6.45, 7) is 1.13. The van der Waals surface area contributed by atoms with Crippen LogP contribution in [0.1, 0.15) is 29.3 Å². The zero-order valence-electron chi connectivity index (χ0n) is 13.6. The van der Waals surface area contributed by atoms with Crippen LogP contribution in [0.25, 0.3) is 4.96 Å². The number of nitro groups is 1. The number of carbonyl (C=O) groups is 1. The molecule has 10 heteroatoms. The number of ketones is 1. The smallest absolute Gasteiger partial charge is 0.269 e. The number of piperidine rings is 1. The lowest BCUT2D eigenvalue weighted by Gasteiger charge is -2.33. The monoisotopic (exact) mass is 373 g/mol. The van der Waals surface area contributed by atoms with Crippen LogP contribution in [0.2, 0.25) is 0 Å². The fraction of sp³-hybridized carbons (Fsp3) is 0.312. The zero-order valence-corrected chi connectivity index (χ0v) is 14.4. The lowest BCUT2D eigenvalue weighted by Crippen LogP contribution is -2.37. The number of nitro benzene ring substituents is 1. The Balaban J connectivity index is 1.78. The molecule has 3 heterocycles. The third-order valence-electron chi connectivity index (χ3n) is 4.53. The van der Waals surface area contributed by atoms with Gasteiger partial charge in [-0.15, -0.1) is 0 Å². The van der Waals surface area contributed by atoms with E-state index in [2.05, 4.69) is 15.0 Å². The Hall–Kier alpha value is -2.85. The van der Waals surface area contributed by atoms with E-state index in [0.717, 1.165) is 5.56 Å². The first-order valence-corrected chi connectivity index (χ1v) is 8.87. The Morgan fingerprint density at radius 3 is 2.54 bits per heavy atom. The molecule has 1 unspecified atom stereocenters. The number of aromatic nitrogens is 3. The van der Waals surface area contributed by atoms with Crippen molar-refractivity contribution in [3.05, 3.63) is 51.1 Å². The average Bonchev–Trinajstić information content (AvgIpc) is 3.21. The number of fused-ring (bicyclic) bond motifs is 1. The number of non-ortho nitro benzene ring substituents is 1. The van der Waals surface area contributed by atoms with Crippen molar-refractivity contribution in [3.63, 3.8) is 0 Å². The van der Waals surface area contributed by atoms with E-state index in [0.29, 0.717) is 35.8 Å². The van der Waals surface area contributed by atoms with Crippen molar-refractivity contribution in [1.29, 1.82) is 0 Å². The number of Topliss-reactive ketones (excluding diaryl/α,β-unsaturated/α-hetero) is 1. The minimum atomic E-state index is -0.445. The standard InChI is InChI=1S/C16H15N5O4S/c22-12-5-7-19(8-6-12)13(10-1-3-11(4-2-10)21(24)25)14-15(23)20-16(26-14)17-9-18-20/h1-4,9,13,23H,5-8H2. The van der Waals surface area contributed by atoms with Crippen LogP contribution in [-0.2, 0) is 4.79 Å². The van der Waals surface area contributed by atoms with Crippen LogP contribution in [0.4, 0.5) is 5.69 Å². The second kappa shape index (κ2) is 6.46. The second-order valence-corrected chi connectivity index (χ2v) is 7.08. The highest BCUT2D eigenvalue weighted by Crippen LogP contribution is 2.40. The molecule has 26 heavy (non-hydrogen) atoms. The van der Waals surface area contributed by atoms with Gasteiger partial charge in [0.25, 0.3) is 5.69 Å². The minimum Gasteiger partial charge on any atom is -0.492 e. The van der Waals surface area contributed by atoms with Crippen LogP contribution >= 0.6 is 11.3 Å². The number of likely N-dealkylation sites (tertiary alicyclic amines) is 1. The van der Waals surface area contributed by atoms with Gasteiger partial charge in [-0.3, -0.25) is 19.8 Å². The van der Waals surface area contributed by atoms with Gasteiger partial charge in [0.15, 0.2) is 0 Å². The Kier molecular flexibility index (Phi) is 4.13. The molecule has 0 radical (unpaired) electrons. The molecule has 1 aliphatic rings. The van der Waals surface area contributed by atoms with E-state index in [9.17, 15) is 20.0 Å². The second-order valence-electron chi connectivity index (χ2n) is 6.07. The molecule has 1 atom stereocenters. The number of rotatable bonds is 4. The van der Waals surface area contributed by atoms with Crippen molar-refractivity contribution in [2.75, 3.05) is 13.1 Å². The molecule has 3 aromatic rings. The molecular formula is C16H15N5O4S. The normalized spacial score (nSPS) is 16.8. The molecule has 0 spiro atoms. The number of hydrogen-bond acceptors (Lipinski definition) is 8. The molecule has 134 valence electrons. The SMILES string of the molecule is O=C1CCN(C(c2ccc([N+](=O)[O-])cc2)c2sc3ncnn3c2O)CC1. The predicted molar refractivity (Wildman–Crippen MR) is 93.3 cm³/mol. The fourth-order valence-electron chi connectivity index (χ4n) is 3.21. The van der Waals surface area contributed by atoms with Gasteiger partial charge in [0.05, 0.1) is 15.8 Å². The zero-order chi connectivity index (χ0) is 18.3. The summed E-state index contributed by atoms with van der Waals surface area (Å²) in [5, 5.41) is 25.5. The third kappa shape index (κ3) is 2.82. The van der Waals surface area contributed by atoms with Crippen molar-refractivity contribution >= 4 is 27.8 Å². The molecule has 0 bridgehead atoms. The predicted octanol–water partition coefficient (Wildman–Crippen LogP) is 2.16. The molecule has 1 aromatic carbocycles. The topological polar surface area (TPSA) is 114 Å². The summed E-state index contributed by atoms with van der Waals surface area (Å²) in [7, 11) is 0. The number of aromatic hydroxyl groups is 1. The highest BCUT2D eigenvalue weighted by Gasteiger charge is 2.31. The Morgan fingerprint density at radius 1 is 1.23 bits per heavy atom. The maximum absolute atomic E-state index is 11.6.